The molecule has 0 heterocycles. The van der Waals surface area contributed by atoms with Crippen LogP contribution in [0.1, 0.15) is 61.3 Å². The minimum atomic E-state index is -1.16. The van der Waals surface area contributed by atoms with Crippen LogP contribution in [0.5, 0.6) is 0 Å². The van der Waals surface area contributed by atoms with Gasteiger partial charge < -0.3 is 0 Å². The lowest BCUT2D eigenvalue weighted by atomic mass is 10.0. The van der Waals surface area contributed by atoms with E-state index in [-0.39, 0.29) is 11.1 Å². The molecule has 0 atom stereocenters. The molecule has 0 bridgehead atoms. The van der Waals surface area contributed by atoms with Gasteiger partial charge in [0.1, 0.15) is 5.82 Å². The zero-order valence-corrected chi connectivity index (χ0v) is 14.9. The Morgan fingerprint density at radius 3 is 2.16 bits per heavy atom. The molecule has 0 aliphatic carbocycles. The summed E-state index contributed by atoms with van der Waals surface area (Å²) in [7, 11) is 0. The van der Waals surface area contributed by atoms with Crippen molar-refractivity contribution in [2.45, 2.75) is 52.4 Å². The van der Waals surface area contributed by atoms with Crippen molar-refractivity contribution < 1.29 is 13.2 Å². The van der Waals surface area contributed by atoms with Gasteiger partial charge in [0.2, 0.25) is 0 Å². The van der Waals surface area contributed by atoms with E-state index in [9.17, 15) is 13.2 Å². The highest BCUT2D eigenvalue weighted by atomic mass is 19.2. The summed E-state index contributed by atoms with van der Waals surface area (Å²) in [5.74, 6) is -2.91. The summed E-state index contributed by atoms with van der Waals surface area (Å²) in [5, 5.41) is 0. The lowest BCUT2D eigenvalue weighted by Crippen LogP contribution is -1.93. The number of hydrogen-bond donors (Lipinski definition) is 0. The zero-order valence-electron chi connectivity index (χ0n) is 14.9. The predicted molar refractivity (Wildman–Crippen MR) is 99.1 cm³/mol. The molecule has 2 aromatic rings. The van der Waals surface area contributed by atoms with Crippen molar-refractivity contribution in [3.05, 3.63) is 70.5 Å². The van der Waals surface area contributed by atoms with Gasteiger partial charge in [0.15, 0.2) is 11.7 Å². The van der Waals surface area contributed by atoms with Gasteiger partial charge in [-0.05, 0) is 37.5 Å². The molecule has 2 rings (SSSR count). The normalized spacial score (nSPS) is 12.2. The van der Waals surface area contributed by atoms with Crippen LogP contribution in [-0.2, 0) is 6.42 Å². The molecule has 0 radical (unpaired) electrons. The Labute approximate surface area is 148 Å². The number of hydrogen-bond acceptors (Lipinski definition) is 0. The summed E-state index contributed by atoms with van der Waals surface area (Å²) in [6.07, 6.45) is 6.41. The Bertz CT molecular complexity index is 715. The third-order valence-corrected chi connectivity index (χ3v) is 4.34. The number of unbranched alkanes of at least 4 members (excludes halogenated alkanes) is 4. The molecule has 0 N–H and O–H groups in total. The van der Waals surface area contributed by atoms with E-state index in [2.05, 4.69) is 6.92 Å². The maximum Gasteiger partial charge on any atom is 0.169 e. The molecule has 0 amide bonds. The Morgan fingerprint density at radius 1 is 0.840 bits per heavy atom. The second kappa shape index (κ2) is 9.45. The van der Waals surface area contributed by atoms with Crippen molar-refractivity contribution in [1.29, 1.82) is 0 Å². The molecule has 0 spiro atoms. The molecule has 0 fully saturated rings. The van der Waals surface area contributed by atoms with Gasteiger partial charge in [-0.25, -0.2) is 13.2 Å². The van der Waals surface area contributed by atoms with E-state index in [0.717, 1.165) is 30.4 Å². The number of benzene rings is 2. The van der Waals surface area contributed by atoms with Crippen LogP contribution in [0.2, 0.25) is 0 Å². The van der Waals surface area contributed by atoms with E-state index in [1.54, 1.807) is 18.2 Å². The molecule has 25 heavy (non-hydrogen) atoms. The smallest absolute Gasteiger partial charge is 0.169 e. The summed E-state index contributed by atoms with van der Waals surface area (Å²) < 4.78 is 42.9. The minimum absolute atomic E-state index is 0.113. The molecule has 2 aromatic carbocycles. The third kappa shape index (κ3) is 5.48. The van der Waals surface area contributed by atoms with Crippen molar-refractivity contribution in [3.63, 3.8) is 0 Å². The summed E-state index contributed by atoms with van der Waals surface area (Å²) in [4.78, 5) is 0. The van der Waals surface area contributed by atoms with Crippen molar-refractivity contribution in [2.24, 2.45) is 0 Å². The highest BCUT2D eigenvalue weighted by Crippen LogP contribution is 2.31. The van der Waals surface area contributed by atoms with Crippen LogP contribution in [0, 0.1) is 12.7 Å². The van der Waals surface area contributed by atoms with Gasteiger partial charge in [-0.15, -0.1) is 0 Å². The standard InChI is InChI=1S/C22H25F3/c1-3-4-5-6-7-8-17-11-14-19(20(23)15-17)22(25)21(24)18-12-9-16(2)10-13-18/h9-15H,3-8H2,1-2H3/b22-21+. The van der Waals surface area contributed by atoms with Gasteiger partial charge in [0.25, 0.3) is 0 Å². The first-order valence-corrected chi connectivity index (χ1v) is 8.94. The van der Waals surface area contributed by atoms with Crippen molar-refractivity contribution in [2.75, 3.05) is 0 Å². The molecular weight excluding hydrogens is 321 g/mol. The largest absolute Gasteiger partial charge is 0.206 e. The molecule has 0 aliphatic rings. The summed E-state index contributed by atoms with van der Waals surface area (Å²) in [6.45, 7) is 4.02. The lowest BCUT2D eigenvalue weighted by molar-refractivity contribution is 0.604. The molecular formula is C22H25F3. The molecule has 0 saturated carbocycles. The van der Waals surface area contributed by atoms with Crippen LogP contribution in [0.4, 0.5) is 13.2 Å². The molecule has 0 aromatic heterocycles. The quantitative estimate of drug-likeness (QED) is 0.345. The average molecular weight is 346 g/mol. The average Bonchev–Trinajstić information content (AvgIpc) is 2.61. The van der Waals surface area contributed by atoms with Crippen LogP contribution < -0.4 is 0 Å². The van der Waals surface area contributed by atoms with E-state index in [4.69, 9.17) is 0 Å². The van der Waals surface area contributed by atoms with E-state index in [1.807, 2.05) is 6.92 Å². The van der Waals surface area contributed by atoms with E-state index >= 15 is 0 Å². The lowest BCUT2D eigenvalue weighted by Gasteiger charge is -2.07. The van der Waals surface area contributed by atoms with Gasteiger partial charge >= 0.3 is 0 Å². The summed E-state index contributed by atoms with van der Waals surface area (Å²) in [6, 6.07) is 10.7. The molecule has 0 nitrogen and oxygen atoms in total. The highest BCUT2D eigenvalue weighted by Gasteiger charge is 2.15. The van der Waals surface area contributed by atoms with Crippen LogP contribution in [0.15, 0.2) is 42.5 Å². The van der Waals surface area contributed by atoms with Gasteiger partial charge in [-0.1, -0.05) is 68.5 Å². The summed E-state index contributed by atoms with van der Waals surface area (Å²) >= 11 is 0. The van der Waals surface area contributed by atoms with Gasteiger partial charge in [-0.3, -0.25) is 0 Å². The first kappa shape index (κ1) is 19.3. The molecule has 0 unspecified atom stereocenters. The maximum absolute atomic E-state index is 14.4. The maximum atomic E-state index is 14.4. The number of halogens is 3. The fourth-order valence-corrected chi connectivity index (χ4v) is 2.77. The third-order valence-electron chi connectivity index (χ3n) is 4.34. The fourth-order valence-electron chi connectivity index (χ4n) is 2.77. The topological polar surface area (TPSA) is 0 Å². The Hall–Kier alpha value is -2.03. The van der Waals surface area contributed by atoms with E-state index in [0.29, 0.717) is 0 Å². The Morgan fingerprint density at radius 2 is 1.52 bits per heavy atom. The van der Waals surface area contributed by atoms with E-state index < -0.39 is 17.5 Å². The van der Waals surface area contributed by atoms with Crippen LogP contribution in [0.25, 0.3) is 11.7 Å². The van der Waals surface area contributed by atoms with Gasteiger partial charge in [0, 0.05) is 11.1 Å². The predicted octanol–water partition coefficient (Wildman–Crippen LogP) is 7.41. The molecule has 3 heteroatoms. The van der Waals surface area contributed by atoms with Crippen LogP contribution >= 0.6 is 0 Å². The zero-order chi connectivity index (χ0) is 18.2. The van der Waals surface area contributed by atoms with Gasteiger partial charge in [-0.2, -0.15) is 0 Å². The monoisotopic (exact) mass is 346 g/mol. The number of aryl methyl sites for hydroxylation is 2. The molecule has 134 valence electrons. The molecule has 0 saturated heterocycles. The Balaban J connectivity index is 2.11. The molecule has 0 aliphatic heterocycles. The highest BCUT2D eigenvalue weighted by molar-refractivity contribution is 5.83. The first-order valence-electron chi connectivity index (χ1n) is 8.94. The first-order chi connectivity index (χ1) is 12.0. The van der Waals surface area contributed by atoms with Gasteiger partial charge in [0.05, 0.1) is 0 Å². The van der Waals surface area contributed by atoms with Crippen molar-refractivity contribution in [3.8, 4) is 0 Å². The van der Waals surface area contributed by atoms with E-state index in [1.165, 1.54) is 43.5 Å². The van der Waals surface area contributed by atoms with Crippen molar-refractivity contribution in [1.82, 2.24) is 0 Å². The number of rotatable bonds is 8. The SMILES string of the molecule is CCCCCCCc1ccc(/C(F)=C(\F)c2ccc(C)cc2)c(F)c1. The van der Waals surface area contributed by atoms with Crippen LogP contribution in [0.3, 0.4) is 0 Å². The summed E-state index contributed by atoms with van der Waals surface area (Å²) in [5.41, 5.74) is 1.56. The minimum Gasteiger partial charge on any atom is -0.206 e. The Kier molecular flexibility index (Phi) is 7.30. The second-order valence-electron chi connectivity index (χ2n) is 6.47. The fraction of sp³-hybridized carbons (Fsp3) is 0.364. The van der Waals surface area contributed by atoms with Crippen LogP contribution in [-0.4, -0.2) is 0 Å². The van der Waals surface area contributed by atoms with Crippen molar-refractivity contribution >= 4 is 11.7 Å². The second-order valence-corrected chi connectivity index (χ2v) is 6.47.